The van der Waals surface area contributed by atoms with Crippen LogP contribution in [0, 0.1) is 23.7 Å². The maximum atomic E-state index is 13.9. The van der Waals surface area contributed by atoms with Gasteiger partial charge in [0.1, 0.15) is 17.3 Å². The molecular weight excluding hydrogens is 448 g/mol. The average molecular weight is 458 g/mol. The first kappa shape index (κ1) is 21.1. The zero-order valence-electron chi connectivity index (χ0n) is 17.0. The molecule has 0 atom stereocenters. The molecule has 0 spiro atoms. The summed E-state index contributed by atoms with van der Waals surface area (Å²) in [6, 6.07) is 16.1. The quantitative estimate of drug-likeness (QED) is 0.167. The molecule has 0 amide bonds. The highest BCUT2D eigenvalue weighted by atomic mass is 19.4. The summed E-state index contributed by atoms with van der Waals surface area (Å²) in [4.78, 5) is 12.6. The first-order chi connectivity index (χ1) is 16.3. The van der Waals surface area contributed by atoms with Gasteiger partial charge in [-0.05, 0) is 29.8 Å². The Morgan fingerprint density at radius 2 is 1.59 bits per heavy atom. The molecule has 0 saturated carbocycles. The smallest absolute Gasteiger partial charge is 0.419 e. The number of nitrogens with zero attached hydrogens (tertiary/aromatic N) is 4. The Bertz CT molecular complexity index is 1590. The van der Waals surface area contributed by atoms with Gasteiger partial charge in [0.2, 0.25) is 0 Å². The standard InChI is InChI=1S/C25H10F4N4O/c1-31-21(12-30)22-15-4-2-3-5-16(15)23-24(22)32-19-9-7-14(11-20(19)33-23)34-13-6-8-17(18(26)10-13)25(27,28)29/h2-11H/b22-21+. The van der Waals surface area contributed by atoms with Crippen molar-refractivity contribution < 1.29 is 22.3 Å². The van der Waals surface area contributed by atoms with Crippen LogP contribution in [-0.4, -0.2) is 9.97 Å². The molecule has 1 aromatic heterocycles. The number of aromatic nitrogens is 2. The predicted molar refractivity (Wildman–Crippen MR) is 115 cm³/mol. The number of halogens is 4. The summed E-state index contributed by atoms with van der Waals surface area (Å²) in [6.45, 7) is 7.36. The molecule has 0 radical (unpaired) electrons. The minimum absolute atomic E-state index is 0.0934. The van der Waals surface area contributed by atoms with Crippen molar-refractivity contribution in [2.75, 3.05) is 0 Å². The second-order valence-electron chi connectivity index (χ2n) is 7.31. The maximum absolute atomic E-state index is 13.9. The summed E-state index contributed by atoms with van der Waals surface area (Å²) < 4.78 is 57.8. The van der Waals surface area contributed by atoms with E-state index < -0.39 is 17.6 Å². The number of ether oxygens (including phenoxy) is 1. The largest absolute Gasteiger partial charge is 0.457 e. The molecule has 0 saturated heterocycles. The SMILES string of the molecule is [C-]#[N+]/C(C#N)=C1\c2ccccc2-c2nc3cc(Oc4ccc(C(F)(F)F)c(F)c4)ccc3nc21. The highest BCUT2D eigenvalue weighted by molar-refractivity contribution is 6.02. The molecule has 0 fully saturated rings. The van der Waals surface area contributed by atoms with Crippen molar-refractivity contribution in [1.82, 2.24) is 9.97 Å². The fourth-order valence-electron chi connectivity index (χ4n) is 3.80. The van der Waals surface area contributed by atoms with Crippen LogP contribution in [-0.2, 0) is 6.18 Å². The Hall–Kier alpha value is -4.76. The van der Waals surface area contributed by atoms with Crippen molar-refractivity contribution in [1.29, 1.82) is 5.26 Å². The van der Waals surface area contributed by atoms with E-state index in [9.17, 15) is 22.8 Å². The van der Waals surface area contributed by atoms with Crippen molar-refractivity contribution in [2.45, 2.75) is 6.18 Å². The lowest BCUT2D eigenvalue weighted by Gasteiger charge is -2.11. The number of allylic oxidation sites excluding steroid dienone is 1. The number of hydrogen-bond donors (Lipinski definition) is 0. The molecule has 3 aromatic carbocycles. The highest BCUT2D eigenvalue weighted by Gasteiger charge is 2.34. The van der Waals surface area contributed by atoms with E-state index in [1.807, 2.05) is 12.1 Å². The van der Waals surface area contributed by atoms with Crippen molar-refractivity contribution in [2.24, 2.45) is 0 Å². The van der Waals surface area contributed by atoms with Gasteiger partial charge in [-0.1, -0.05) is 24.3 Å². The molecule has 1 heterocycles. The van der Waals surface area contributed by atoms with Crippen molar-refractivity contribution in [3.05, 3.63) is 100 Å². The fraction of sp³-hybridized carbons (Fsp3) is 0.0400. The number of hydrogen-bond acceptors (Lipinski definition) is 4. The molecule has 5 nitrogen and oxygen atoms in total. The first-order valence-corrected chi connectivity index (χ1v) is 9.78. The van der Waals surface area contributed by atoms with Crippen LogP contribution in [0.25, 0.3) is 32.7 Å². The Morgan fingerprint density at radius 1 is 0.912 bits per heavy atom. The second-order valence-corrected chi connectivity index (χ2v) is 7.31. The number of rotatable bonds is 2. The summed E-state index contributed by atoms with van der Waals surface area (Å²) in [5, 5.41) is 9.43. The van der Waals surface area contributed by atoms with Crippen LogP contribution in [0.2, 0.25) is 0 Å². The van der Waals surface area contributed by atoms with Gasteiger partial charge in [0.15, 0.2) is 0 Å². The number of fused-ring (bicyclic) bond motifs is 4. The number of alkyl halides is 3. The molecule has 0 aliphatic heterocycles. The minimum Gasteiger partial charge on any atom is -0.457 e. The van der Waals surface area contributed by atoms with Gasteiger partial charge in [-0.25, -0.2) is 24.5 Å². The third-order valence-electron chi connectivity index (χ3n) is 5.26. The van der Waals surface area contributed by atoms with Gasteiger partial charge in [0, 0.05) is 23.3 Å². The van der Waals surface area contributed by atoms with E-state index in [2.05, 4.69) is 14.8 Å². The Balaban J connectivity index is 1.59. The first-order valence-electron chi connectivity index (χ1n) is 9.78. The molecule has 0 N–H and O–H groups in total. The summed E-state index contributed by atoms with van der Waals surface area (Å²) in [5.41, 5.74) is 2.12. The van der Waals surface area contributed by atoms with Crippen molar-refractivity contribution >= 4 is 16.6 Å². The van der Waals surface area contributed by atoms with Crippen LogP contribution >= 0.6 is 0 Å². The normalized spacial score (nSPS) is 13.6. The molecular formula is C25H10F4N4O. The molecule has 1 aliphatic rings. The van der Waals surface area contributed by atoms with Gasteiger partial charge < -0.3 is 4.74 Å². The van der Waals surface area contributed by atoms with E-state index >= 15 is 0 Å². The van der Waals surface area contributed by atoms with Gasteiger partial charge in [-0.3, -0.25) is 0 Å². The van der Waals surface area contributed by atoms with Crippen LogP contribution in [0.4, 0.5) is 17.6 Å². The molecule has 164 valence electrons. The Morgan fingerprint density at radius 3 is 2.26 bits per heavy atom. The number of benzene rings is 3. The van der Waals surface area contributed by atoms with E-state index in [0.717, 1.165) is 11.6 Å². The third kappa shape index (κ3) is 3.40. The highest BCUT2D eigenvalue weighted by Crippen LogP contribution is 2.44. The minimum atomic E-state index is -4.80. The lowest BCUT2D eigenvalue weighted by Crippen LogP contribution is -2.07. The lowest BCUT2D eigenvalue weighted by atomic mass is 10.0. The molecule has 0 bridgehead atoms. The molecule has 9 heteroatoms. The zero-order valence-corrected chi connectivity index (χ0v) is 17.0. The van der Waals surface area contributed by atoms with E-state index in [1.54, 1.807) is 24.3 Å². The molecule has 4 aromatic rings. The maximum Gasteiger partial charge on any atom is 0.419 e. The summed E-state index contributed by atoms with van der Waals surface area (Å²) >= 11 is 0. The third-order valence-corrected chi connectivity index (χ3v) is 5.26. The molecule has 34 heavy (non-hydrogen) atoms. The van der Waals surface area contributed by atoms with Gasteiger partial charge in [0.25, 0.3) is 5.70 Å². The summed E-state index contributed by atoms with van der Waals surface area (Å²) in [6.07, 6.45) is -4.80. The van der Waals surface area contributed by atoms with Gasteiger partial charge in [-0.2, -0.15) is 13.2 Å². The van der Waals surface area contributed by atoms with Gasteiger partial charge in [0.05, 0.1) is 40.6 Å². The van der Waals surface area contributed by atoms with Gasteiger partial charge >= 0.3 is 6.18 Å². The van der Waals surface area contributed by atoms with Gasteiger partial charge in [-0.15, -0.1) is 0 Å². The van der Waals surface area contributed by atoms with Crippen molar-refractivity contribution in [3.8, 4) is 28.8 Å². The van der Waals surface area contributed by atoms with E-state index in [4.69, 9.17) is 11.3 Å². The lowest BCUT2D eigenvalue weighted by molar-refractivity contribution is -0.140. The number of nitriles is 1. The summed E-state index contributed by atoms with van der Waals surface area (Å²) in [5.74, 6) is -1.32. The molecule has 5 rings (SSSR count). The zero-order chi connectivity index (χ0) is 24.0. The van der Waals surface area contributed by atoms with Crippen LogP contribution < -0.4 is 4.74 Å². The van der Waals surface area contributed by atoms with Crippen LogP contribution in [0.5, 0.6) is 11.5 Å². The summed E-state index contributed by atoms with van der Waals surface area (Å²) in [7, 11) is 0. The Kier molecular flexibility index (Phi) is 4.77. The van der Waals surface area contributed by atoms with Crippen LogP contribution in [0.3, 0.4) is 0 Å². The van der Waals surface area contributed by atoms with Crippen LogP contribution in [0.15, 0.2) is 66.4 Å². The van der Waals surface area contributed by atoms with Crippen molar-refractivity contribution in [3.63, 3.8) is 0 Å². The van der Waals surface area contributed by atoms with E-state index in [-0.39, 0.29) is 17.2 Å². The topological polar surface area (TPSA) is 63.2 Å². The van der Waals surface area contributed by atoms with Crippen LogP contribution in [0.1, 0.15) is 16.8 Å². The average Bonchev–Trinajstić information content (AvgIpc) is 3.11. The predicted octanol–water partition coefficient (Wildman–Crippen LogP) is 6.76. The van der Waals surface area contributed by atoms with E-state index in [0.29, 0.717) is 45.7 Å². The fourth-order valence-corrected chi connectivity index (χ4v) is 3.80. The second kappa shape index (κ2) is 7.68. The monoisotopic (exact) mass is 458 g/mol. The van der Waals surface area contributed by atoms with E-state index in [1.165, 1.54) is 12.1 Å². The molecule has 1 aliphatic carbocycles. The molecule has 0 unspecified atom stereocenters. The Labute approximate surface area is 190 Å².